The fraction of sp³-hybridized carbons (Fsp3) is 0.263. The van der Waals surface area contributed by atoms with E-state index >= 15 is 0 Å². The maximum atomic E-state index is 12.1. The number of hydrogen-bond donors (Lipinski definition) is 1. The molecule has 1 amide bonds. The summed E-state index contributed by atoms with van der Waals surface area (Å²) in [6, 6.07) is 12.5. The highest BCUT2D eigenvalue weighted by molar-refractivity contribution is 7.99. The largest absolute Gasteiger partial charge is 0.452 e. The minimum Gasteiger partial charge on any atom is -0.452 e. The van der Waals surface area contributed by atoms with Crippen LogP contribution in [0.25, 0.3) is 11.0 Å². The third kappa shape index (κ3) is 5.24. The van der Waals surface area contributed by atoms with Gasteiger partial charge in [-0.05, 0) is 49.4 Å². The number of nitrogens with one attached hydrogen (secondary N) is 1. The number of carbonyl (C=O) groups is 2. The molecule has 0 aliphatic heterocycles. The van der Waals surface area contributed by atoms with Crippen molar-refractivity contribution in [2.24, 2.45) is 0 Å². The molecule has 0 atom stereocenters. The molecule has 0 spiro atoms. The summed E-state index contributed by atoms with van der Waals surface area (Å²) in [5, 5.41) is 11.4. The fourth-order valence-corrected chi connectivity index (χ4v) is 3.38. The van der Waals surface area contributed by atoms with Crippen molar-refractivity contribution in [2.75, 3.05) is 18.9 Å². The topological polar surface area (TPSA) is 86.1 Å². The number of hydrogen-bond acceptors (Lipinski definition) is 6. The van der Waals surface area contributed by atoms with E-state index in [1.165, 1.54) is 0 Å². The molecule has 0 saturated heterocycles. The van der Waals surface area contributed by atoms with Crippen LogP contribution in [0.2, 0.25) is 5.02 Å². The molecular weight excluding hydrogens is 400 g/mol. The lowest BCUT2D eigenvalue weighted by Crippen LogP contribution is -2.30. The Bertz CT molecular complexity index is 975. The number of fused-ring (bicyclic) bond motifs is 1. The van der Waals surface area contributed by atoms with Gasteiger partial charge in [-0.3, -0.25) is 4.79 Å². The number of aryl methyl sites for hydroxylation is 1. The van der Waals surface area contributed by atoms with Gasteiger partial charge < -0.3 is 10.1 Å². The number of thioether (sulfide) groups is 1. The molecule has 7 nitrogen and oxygen atoms in total. The average molecular weight is 419 g/mol. The Balaban J connectivity index is 1.41. The van der Waals surface area contributed by atoms with Crippen molar-refractivity contribution in [1.82, 2.24) is 20.3 Å². The van der Waals surface area contributed by atoms with E-state index in [1.54, 1.807) is 34.6 Å². The van der Waals surface area contributed by atoms with Crippen LogP contribution in [0.5, 0.6) is 0 Å². The smallest absolute Gasteiger partial charge is 0.338 e. The predicted octanol–water partition coefficient (Wildman–Crippen LogP) is 3.17. The van der Waals surface area contributed by atoms with Crippen molar-refractivity contribution in [3.63, 3.8) is 0 Å². The van der Waals surface area contributed by atoms with Crippen molar-refractivity contribution >= 4 is 46.3 Å². The SMILES string of the molecule is CCn1nnc2cc(C(=O)OCC(=O)NCCSc3ccc(Cl)cc3)ccc21. The Hall–Kier alpha value is -2.58. The molecule has 28 heavy (non-hydrogen) atoms. The summed E-state index contributed by atoms with van der Waals surface area (Å²) in [4.78, 5) is 25.1. The van der Waals surface area contributed by atoms with Crippen molar-refractivity contribution in [2.45, 2.75) is 18.4 Å². The highest BCUT2D eigenvalue weighted by Crippen LogP contribution is 2.19. The number of esters is 1. The number of amides is 1. The van der Waals surface area contributed by atoms with Gasteiger partial charge in [-0.25, -0.2) is 9.48 Å². The zero-order valence-electron chi connectivity index (χ0n) is 15.2. The van der Waals surface area contributed by atoms with Crippen molar-refractivity contribution in [1.29, 1.82) is 0 Å². The van der Waals surface area contributed by atoms with Crippen molar-refractivity contribution < 1.29 is 14.3 Å². The molecule has 2 aromatic carbocycles. The number of halogens is 1. The van der Waals surface area contributed by atoms with Crippen LogP contribution in [0, 0.1) is 0 Å². The Morgan fingerprint density at radius 2 is 2.00 bits per heavy atom. The summed E-state index contributed by atoms with van der Waals surface area (Å²) in [5.74, 6) is -0.216. The molecule has 1 aromatic heterocycles. The zero-order valence-corrected chi connectivity index (χ0v) is 16.8. The van der Waals surface area contributed by atoms with E-state index in [9.17, 15) is 9.59 Å². The molecule has 0 aliphatic carbocycles. The fourth-order valence-electron chi connectivity index (χ4n) is 2.49. The lowest BCUT2D eigenvalue weighted by molar-refractivity contribution is -0.124. The molecule has 0 radical (unpaired) electrons. The summed E-state index contributed by atoms with van der Waals surface area (Å²) in [7, 11) is 0. The van der Waals surface area contributed by atoms with Gasteiger partial charge >= 0.3 is 5.97 Å². The van der Waals surface area contributed by atoms with Crippen LogP contribution >= 0.6 is 23.4 Å². The zero-order chi connectivity index (χ0) is 19.9. The molecule has 0 saturated carbocycles. The van der Waals surface area contributed by atoms with Gasteiger partial charge in [-0.15, -0.1) is 16.9 Å². The van der Waals surface area contributed by atoms with E-state index in [0.29, 0.717) is 34.9 Å². The standard InChI is InChI=1S/C19H19ClN4O3S/c1-2-24-17-8-3-13(11-16(17)22-23-24)19(26)27-12-18(25)21-9-10-28-15-6-4-14(20)5-7-15/h3-8,11H,2,9-10,12H2,1H3,(H,21,25). The average Bonchev–Trinajstić information content (AvgIpc) is 3.13. The van der Waals surface area contributed by atoms with Gasteiger partial charge in [0.1, 0.15) is 5.52 Å². The van der Waals surface area contributed by atoms with E-state index in [4.69, 9.17) is 16.3 Å². The first-order valence-corrected chi connectivity index (χ1v) is 10.1. The summed E-state index contributed by atoms with van der Waals surface area (Å²) < 4.78 is 6.81. The minimum atomic E-state index is -0.571. The summed E-state index contributed by atoms with van der Waals surface area (Å²) in [5.41, 5.74) is 1.79. The highest BCUT2D eigenvalue weighted by atomic mass is 35.5. The molecule has 0 bridgehead atoms. The van der Waals surface area contributed by atoms with E-state index in [2.05, 4.69) is 15.6 Å². The molecule has 0 fully saturated rings. The molecule has 1 heterocycles. The van der Waals surface area contributed by atoms with Crippen LogP contribution in [0.1, 0.15) is 17.3 Å². The molecule has 3 rings (SSSR count). The molecule has 9 heteroatoms. The monoisotopic (exact) mass is 418 g/mol. The van der Waals surface area contributed by atoms with Crippen molar-refractivity contribution in [3.05, 3.63) is 53.1 Å². The van der Waals surface area contributed by atoms with E-state index in [-0.39, 0.29) is 12.5 Å². The quantitative estimate of drug-likeness (QED) is 0.343. The van der Waals surface area contributed by atoms with E-state index in [0.717, 1.165) is 10.4 Å². The van der Waals surface area contributed by atoms with Gasteiger partial charge in [0.25, 0.3) is 5.91 Å². The maximum Gasteiger partial charge on any atom is 0.338 e. The van der Waals surface area contributed by atoms with Crippen LogP contribution in [-0.4, -0.2) is 45.8 Å². The number of benzene rings is 2. The first-order chi connectivity index (χ1) is 13.6. The van der Waals surface area contributed by atoms with E-state index < -0.39 is 5.97 Å². The lowest BCUT2D eigenvalue weighted by Gasteiger charge is -2.07. The van der Waals surface area contributed by atoms with E-state index in [1.807, 2.05) is 31.2 Å². The molecule has 0 aliphatic rings. The Kier molecular flexibility index (Phi) is 6.89. The second-order valence-electron chi connectivity index (χ2n) is 5.84. The predicted molar refractivity (Wildman–Crippen MR) is 109 cm³/mol. The second kappa shape index (κ2) is 9.57. The minimum absolute atomic E-state index is 0.329. The van der Waals surface area contributed by atoms with Gasteiger partial charge in [-0.1, -0.05) is 16.8 Å². The number of ether oxygens (including phenoxy) is 1. The number of nitrogens with zero attached hydrogens (tertiary/aromatic N) is 3. The summed E-state index contributed by atoms with van der Waals surface area (Å²) in [6.07, 6.45) is 0. The molecule has 146 valence electrons. The highest BCUT2D eigenvalue weighted by Gasteiger charge is 2.12. The van der Waals surface area contributed by atoms with Crippen molar-refractivity contribution in [3.8, 4) is 0 Å². The van der Waals surface area contributed by atoms with Gasteiger partial charge in [-0.2, -0.15) is 0 Å². The summed E-state index contributed by atoms with van der Waals surface area (Å²) in [6.45, 7) is 2.79. The van der Waals surface area contributed by atoms with Crippen LogP contribution < -0.4 is 5.32 Å². The third-order valence-corrected chi connectivity index (χ3v) is 5.16. The number of aromatic nitrogens is 3. The molecule has 1 N–H and O–H groups in total. The Labute approximate surface area is 171 Å². The maximum absolute atomic E-state index is 12.1. The van der Waals surface area contributed by atoms with Gasteiger partial charge in [0.15, 0.2) is 6.61 Å². The molecule has 3 aromatic rings. The normalized spacial score (nSPS) is 10.8. The van der Waals surface area contributed by atoms with Crippen LogP contribution in [0.4, 0.5) is 0 Å². The first-order valence-electron chi connectivity index (χ1n) is 8.72. The first kappa shape index (κ1) is 20.2. The summed E-state index contributed by atoms with van der Waals surface area (Å²) >= 11 is 7.44. The Morgan fingerprint density at radius 3 is 2.75 bits per heavy atom. The van der Waals surface area contributed by atoms with Crippen LogP contribution in [-0.2, 0) is 16.1 Å². The van der Waals surface area contributed by atoms with Gasteiger partial charge in [0.05, 0.1) is 11.1 Å². The Morgan fingerprint density at radius 1 is 1.21 bits per heavy atom. The van der Waals surface area contributed by atoms with Crippen LogP contribution in [0.3, 0.4) is 0 Å². The molecule has 0 unspecified atom stereocenters. The van der Waals surface area contributed by atoms with Crippen LogP contribution in [0.15, 0.2) is 47.4 Å². The van der Waals surface area contributed by atoms with Gasteiger partial charge in [0, 0.05) is 28.8 Å². The van der Waals surface area contributed by atoms with Gasteiger partial charge in [0.2, 0.25) is 0 Å². The number of carbonyl (C=O) groups excluding carboxylic acids is 2. The second-order valence-corrected chi connectivity index (χ2v) is 7.44. The molecular formula is C19H19ClN4O3S. The lowest BCUT2D eigenvalue weighted by atomic mass is 10.2. The number of rotatable bonds is 8. The third-order valence-electron chi connectivity index (χ3n) is 3.89.